The Morgan fingerprint density at radius 2 is 1.93 bits per heavy atom. The third kappa shape index (κ3) is 3.88. The van der Waals surface area contributed by atoms with Crippen molar-refractivity contribution in [1.82, 2.24) is 9.55 Å². The lowest BCUT2D eigenvalue weighted by atomic mass is 10.2. The summed E-state index contributed by atoms with van der Waals surface area (Å²) >= 11 is 1.17. The van der Waals surface area contributed by atoms with Crippen molar-refractivity contribution < 1.29 is 13.6 Å². The van der Waals surface area contributed by atoms with Gasteiger partial charge in [-0.2, -0.15) is 4.33 Å². The van der Waals surface area contributed by atoms with Crippen LogP contribution < -0.4 is 0 Å². The molecule has 0 amide bonds. The molecule has 2 heterocycles. The van der Waals surface area contributed by atoms with E-state index in [9.17, 15) is 4.39 Å². The van der Waals surface area contributed by atoms with Crippen LogP contribution in [0, 0.1) is 5.82 Å². The van der Waals surface area contributed by atoms with E-state index in [1.165, 1.54) is 31.3 Å². The summed E-state index contributed by atoms with van der Waals surface area (Å²) in [4.78, 5) is 9.85. The van der Waals surface area contributed by atoms with E-state index in [2.05, 4.69) is 32.6 Å². The van der Waals surface area contributed by atoms with Gasteiger partial charge in [0.15, 0.2) is 0 Å². The average molecular weight is 380 g/mol. The molecule has 0 spiro atoms. The molecule has 0 radical (unpaired) electrons. The third-order valence-corrected chi connectivity index (χ3v) is 4.93. The SMILES string of the molecule is COOSc1ccc2c(c1)cc(-c1cccnc1)n2Cc1ccc(F)cc1. The van der Waals surface area contributed by atoms with Crippen molar-refractivity contribution in [3.8, 4) is 11.3 Å². The van der Waals surface area contributed by atoms with E-state index in [4.69, 9.17) is 4.33 Å². The first kappa shape index (κ1) is 17.7. The minimum atomic E-state index is -0.233. The fourth-order valence-electron chi connectivity index (χ4n) is 3.07. The van der Waals surface area contributed by atoms with Gasteiger partial charge in [-0.05, 0) is 54.1 Å². The standard InChI is InChI=1S/C21H17FN2O2S/c1-25-26-27-19-8-9-20-17(11-19)12-21(16-3-2-10-23-13-16)24(20)14-15-4-6-18(22)7-5-15/h2-13H,14H2,1H3. The maximum absolute atomic E-state index is 13.3. The zero-order valence-electron chi connectivity index (χ0n) is 14.6. The molecule has 0 aliphatic carbocycles. The lowest BCUT2D eigenvalue weighted by Crippen LogP contribution is -2.02. The summed E-state index contributed by atoms with van der Waals surface area (Å²) in [7, 11) is 1.48. The summed E-state index contributed by atoms with van der Waals surface area (Å²) in [6, 6.07) is 18.8. The second kappa shape index (κ2) is 7.92. The first-order chi connectivity index (χ1) is 13.2. The van der Waals surface area contributed by atoms with Gasteiger partial charge in [0, 0.05) is 40.3 Å². The maximum Gasteiger partial charge on any atom is 0.123 e. The fourth-order valence-corrected chi connectivity index (χ4v) is 3.52. The minimum Gasteiger partial charge on any atom is -0.336 e. The number of fused-ring (bicyclic) bond motifs is 1. The lowest BCUT2D eigenvalue weighted by molar-refractivity contribution is -0.160. The largest absolute Gasteiger partial charge is 0.336 e. The molecule has 4 aromatic rings. The first-order valence-corrected chi connectivity index (χ1v) is 9.14. The van der Waals surface area contributed by atoms with Crippen LogP contribution >= 0.6 is 12.0 Å². The zero-order valence-corrected chi connectivity index (χ0v) is 15.4. The van der Waals surface area contributed by atoms with Gasteiger partial charge in [0.05, 0.1) is 24.8 Å². The van der Waals surface area contributed by atoms with Crippen LogP contribution in [-0.2, 0) is 15.8 Å². The van der Waals surface area contributed by atoms with Gasteiger partial charge in [0.25, 0.3) is 0 Å². The zero-order chi connectivity index (χ0) is 18.6. The van der Waals surface area contributed by atoms with Crippen LogP contribution in [0.1, 0.15) is 5.56 Å². The van der Waals surface area contributed by atoms with Crippen molar-refractivity contribution in [2.75, 3.05) is 7.11 Å². The molecule has 0 saturated heterocycles. The maximum atomic E-state index is 13.3. The summed E-state index contributed by atoms with van der Waals surface area (Å²) in [5.74, 6) is -0.233. The minimum absolute atomic E-state index is 0.233. The van der Waals surface area contributed by atoms with E-state index in [0.29, 0.717) is 6.54 Å². The number of rotatable bonds is 6. The Morgan fingerprint density at radius 1 is 1.07 bits per heavy atom. The Morgan fingerprint density at radius 3 is 2.67 bits per heavy atom. The molecule has 27 heavy (non-hydrogen) atoms. The molecule has 4 nitrogen and oxygen atoms in total. The molecule has 6 heteroatoms. The summed E-state index contributed by atoms with van der Waals surface area (Å²) in [5, 5.41) is 1.08. The smallest absolute Gasteiger partial charge is 0.123 e. The van der Waals surface area contributed by atoms with Crippen LogP contribution in [0.25, 0.3) is 22.2 Å². The molecule has 0 unspecified atom stereocenters. The predicted molar refractivity (Wildman–Crippen MR) is 105 cm³/mol. The molecule has 136 valence electrons. The van der Waals surface area contributed by atoms with Gasteiger partial charge in [-0.15, -0.1) is 0 Å². The molecule has 0 fully saturated rings. The second-order valence-corrected chi connectivity index (χ2v) is 6.80. The second-order valence-electron chi connectivity index (χ2n) is 6.02. The van der Waals surface area contributed by atoms with Crippen molar-refractivity contribution >= 4 is 22.9 Å². The van der Waals surface area contributed by atoms with Crippen molar-refractivity contribution in [1.29, 1.82) is 0 Å². The van der Waals surface area contributed by atoms with Gasteiger partial charge < -0.3 is 4.57 Å². The highest BCUT2D eigenvalue weighted by Crippen LogP contribution is 2.32. The highest BCUT2D eigenvalue weighted by Gasteiger charge is 2.12. The van der Waals surface area contributed by atoms with Crippen molar-refractivity contribution in [3.63, 3.8) is 0 Å². The number of halogens is 1. The summed E-state index contributed by atoms with van der Waals surface area (Å²) in [5.41, 5.74) is 4.19. The van der Waals surface area contributed by atoms with Crippen LogP contribution in [0.15, 0.2) is 78.0 Å². The Kier molecular flexibility index (Phi) is 5.20. The molecular formula is C21H17FN2O2S. The molecule has 0 N–H and O–H groups in total. The monoisotopic (exact) mass is 380 g/mol. The molecule has 4 rings (SSSR count). The number of benzene rings is 2. The molecule has 0 bridgehead atoms. The molecule has 0 aliphatic heterocycles. The highest BCUT2D eigenvalue weighted by molar-refractivity contribution is 7.94. The third-order valence-electron chi connectivity index (χ3n) is 4.28. The van der Waals surface area contributed by atoms with Gasteiger partial charge in [-0.25, -0.2) is 9.28 Å². The molecule has 0 saturated carbocycles. The van der Waals surface area contributed by atoms with Crippen LogP contribution in [-0.4, -0.2) is 16.7 Å². The lowest BCUT2D eigenvalue weighted by Gasteiger charge is -2.11. The molecule has 2 aromatic heterocycles. The average Bonchev–Trinajstić information content (AvgIpc) is 3.06. The Labute approximate surface area is 160 Å². The number of hydrogen-bond acceptors (Lipinski definition) is 4. The van der Waals surface area contributed by atoms with Crippen molar-refractivity contribution in [3.05, 3.63) is 84.4 Å². The number of nitrogens with zero attached hydrogens (tertiary/aromatic N) is 2. The first-order valence-electron chi connectivity index (χ1n) is 8.40. The van der Waals surface area contributed by atoms with E-state index < -0.39 is 0 Å². The van der Waals surface area contributed by atoms with Crippen LogP contribution in [0.3, 0.4) is 0 Å². The van der Waals surface area contributed by atoms with Gasteiger partial charge in [-0.3, -0.25) is 4.98 Å². The summed E-state index contributed by atoms with van der Waals surface area (Å²) in [6.07, 6.45) is 3.60. The summed E-state index contributed by atoms with van der Waals surface area (Å²) < 4.78 is 20.4. The Bertz CT molecular complexity index is 1050. The molecule has 0 aliphatic rings. The highest BCUT2D eigenvalue weighted by atomic mass is 32.2. The predicted octanol–water partition coefficient (Wildman–Crippen LogP) is 5.48. The van der Waals surface area contributed by atoms with E-state index in [-0.39, 0.29) is 5.82 Å². The molecule has 2 aromatic carbocycles. The Hall–Kier alpha value is -2.67. The van der Waals surface area contributed by atoms with Crippen LogP contribution in [0.5, 0.6) is 0 Å². The van der Waals surface area contributed by atoms with E-state index >= 15 is 0 Å². The number of aromatic nitrogens is 2. The van der Waals surface area contributed by atoms with Crippen molar-refractivity contribution in [2.24, 2.45) is 0 Å². The van der Waals surface area contributed by atoms with Gasteiger partial charge in [0.1, 0.15) is 5.82 Å². The number of pyridine rings is 1. The van der Waals surface area contributed by atoms with Gasteiger partial charge in [0.2, 0.25) is 0 Å². The van der Waals surface area contributed by atoms with Crippen molar-refractivity contribution in [2.45, 2.75) is 11.4 Å². The van der Waals surface area contributed by atoms with Crippen LogP contribution in [0.2, 0.25) is 0 Å². The topological polar surface area (TPSA) is 36.3 Å². The van der Waals surface area contributed by atoms with Gasteiger partial charge in [-0.1, -0.05) is 12.1 Å². The van der Waals surface area contributed by atoms with E-state index in [0.717, 1.165) is 32.6 Å². The quantitative estimate of drug-likeness (QED) is 0.252. The van der Waals surface area contributed by atoms with Crippen LogP contribution in [0.4, 0.5) is 4.39 Å². The van der Waals surface area contributed by atoms with E-state index in [1.54, 1.807) is 6.20 Å². The Balaban J connectivity index is 1.81. The molecular weight excluding hydrogens is 363 g/mol. The molecule has 0 atom stereocenters. The summed E-state index contributed by atoms with van der Waals surface area (Å²) in [6.45, 7) is 0.634. The normalized spacial score (nSPS) is 11.2. The number of hydrogen-bond donors (Lipinski definition) is 0. The van der Waals surface area contributed by atoms with E-state index in [1.807, 2.05) is 36.5 Å². The van der Waals surface area contributed by atoms with Gasteiger partial charge >= 0.3 is 0 Å². The fraction of sp³-hybridized carbons (Fsp3) is 0.0952.